The molecule has 0 saturated heterocycles. The van der Waals surface area contributed by atoms with Gasteiger partial charge in [0.15, 0.2) is 6.29 Å². The molecule has 1 aliphatic carbocycles. The summed E-state index contributed by atoms with van der Waals surface area (Å²) in [6.07, 6.45) is 5.48. The molecule has 3 rings (SSSR count). The van der Waals surface area contributed by atoms with Crippen molar-refractivity contribution in [3.8, 4) is 0 Å². The Kier molecular flexibility index (Phi) is 1.69. The predicted molar refractivity (Wildman–Crippen MR) is 57.3 cm³/mol. The zero-order chi connectivity index (χ0) is 10.4. The number of carbonyl (C=O) groups is 1. The van der Waals surface area contributed by atoms with Crippen LogP contribution >= 0.6 is 0 Å². The van der Waals surface area contributed by atoms with Crippen LogP contribution in [0.1, 0.15) is 40.5 Å². The van der Waals surface area contributed by atoms with Crippen LogP contribution in [0.25, 0.3) is 5.65 Å². The highest BCUT2D eigenvalue weighted by Crippen LogP contribution is 2.39. The van der Waals surface area contributed by atoms with E-state index in [2.05, 4.69) is 17.2 Å². The molecule has 1 fully saturated rings. The van der Waals surface area contributed by atoms with Gasteiger partial charge in [-0.15, -0.1) is 0 Å². The number of pyridine rings is 1. The average Bonchev–Trinajstić information content (AvgIpc) is 3.01. The quantitative estimate of drug-likeness (QED) is 0.697. The maximum atomic E-state index is 10.9. The van der Waals surface area contributed by atoms with Crippen LogP contribution in [0.4, 0.5) is 0 Å². The molecule has 0 radical (unpaired) electrons. The summed E-state index contributed by atoms with van der Waals surface area (Å²) in [5, 5.41) is 0. The van der Waals surface area contributed by atoms with Crippen LogP contribution in [0.5, 0.6) is 0 Å². The molecule has 0 amide bonds. The van der Waals surface area contributed by atoms with Gasteiger partial charge in [-0.3, -0.25) is 9.20 Å². The Morgan fingerprint density at radius 3 is 2.93 bits per heavy atom. The smallest absolute Gasteiger partial charge is 0.168 e. The first kappa shape index (κ1) is 8.65. The SMILES string of the molecule is Cc1nc2ccc(C3CC3)cn2c1C=O. The van der Waals surface area contributed by atoms with Crippen LogP contribution in [0.2, 0.25) is 0 Å². The van der Waals surface area contributed by atoms with Crippen molar-refractivity contribution in [1.82, 2.24) is 9.38 Å². The molecular weight excluding hydrogens is 188 g/mol. The van der Waals surface area contributed by atoms with Gasteiger partial charge in [-0.05, 0) is 37.3 Å². The van der Waals surface area contributed by atoms with E-state index < -0.39 is 0 Å². The molecule has 2 heterocycles. The fourth-order valence-electron chi connectivity index (χ4n) is 2.00. The van der Waals surface area contributed by atoms with Gasteiger partial charge in [-0.25, -0.2) is 4.98 Å². The second kappa shape index (κ2) is 2.92. The van der Waals surface area contributed by atoms with Crippen LogP contribution in [-0.2, 0) is 0 Å². The number of hydrogen-bond donors (Lipinski definition) is 0. The molecule has 0 bridgehead atoms. The summed E-state index contributed by atoms with van der Waals surface area (Å²) in [4.78, 5) is 15.3. The van der Waals surface area contributed by atoms with E-state index >= 15 is 0 Å². The second-order valence-electron chi connectivity index (χ2n) is 4.17. The third-order valence-corrected chi connectivity index (χ3v) is 3.02. The lowest BCUT2D eigenvalue weighted by atomic mass is 10.2. The van der Waals surface area contributed by atoms with Crippen LogP contribution in [0.15, 0.2) is 18.3 Å². The third-order valence-electron chi connectivity index (χ3n) is 3.02. The molecule has 0 unspecified atom stereocenters. The molecule has 3 nitrogen and oxygen atoms in total. The molecule has 1 aliphatic rings. The Hall–Kier alpha value is -1.64. The molecule has 15 heavy (non-hydrogen) atoms. The predicted octanol–water partition coefficient (Wildman–Crippen LogP) is 2.33. The first-order chi connectivity index (χ1) is 7.29. The zero-order valence-electron chi connectivity index (χ0n) is 8.60. The molecule has 0 aromatic carbocycles. The maximum Gasteiger partial charge on any atom is 0.168 e. The number of fused-ring (bicyclic) bond motifs is 1. The molecule has 0 aliphatic heterocycles. The first-order valence-electron chi connectivity index (χ1n) is 5.23. The molecule has 0 atom stereocenters. The van der Waals surface area contributed by atoms with Crippen molar-refractivity contribution in [2.75, 3.05) is 0 Å². The topological polar surface area (TPSA) is 34.4 Å². The van der Waals surface area contributed by atoms with Crippen molar-refractivity contribution in [2.45, 2.75) is 25.7 Å². The minimum absolute atomic E-state index is 0.674. The Balaban J connectivity index is 2.26. The molecule has 0 N–H and O–H groups in total. The van der Waals surface area contributed by atoms with Gasteiger partial charge < -0.3 is 0 Å². The standard InChI is InChI=1S/C12H12N2O/c1-8-11(7-15)14-6-10(9-2-3-9)4-5-12(14)13-8/h4-7,9H,2-3H2,1H3. The Morgan fingerprint density at radius 1 is 1.47 bits per heavy atom. The van der Waals surface area contributed by atoms with Crippen LogP contribution in [0.3, 0.4) is 0 Å². The molecule has 2 aromatic heterocycles. The van der Waals surface area contributed by atoms with E-state index in [1.165, 1.54) is 18.4 Å². The van der Waals surface area contributed by atoms with Crippen LogP contribution in [0, 0.1) is 6.92 Å². The Morgan fingerprint density at radius 2 is 2.27 bits per heavy atom. The summed E-state index contributed by atoms with van der Waals surface area (Å²) >= 11 is 0. The van der Waals surface area contributed by atoms with Gasteiger partial charge in [0.05, 0.1) is 5.69 Å². The number of aryl methyl sites for hydroxylation is 1. The molecule has 2 aromatic rings. The lowest BCUT2D eigenvalue weighted by Gasteiger charge is -2.00. The molecular formula is C12H12N2O. The number of aromatic nitrogens is 2. The van der Waals surface area contributed by atoms with Gasteiger partial charge in [-0.2, -0.15) is 0 Å². The minimum atomic E-state index is 0.674. The van der Waals surface area contributed by atoms with Crippen molar-refractivity contribution in [1.29, 1.82) is 0 Å². The summed E-state index contributed by atoms with van der Waals surface area (Å²) < 4.78 is 1.90. The largest absolute Gasteiger partial charge is 0.297 e. The van der Waals surface area contributed by atoms with E-state index in [1.807, 2.05) is 17.4 Å². The summed E-state index contributed by atoms with van der Waals surface area (Å²) in [5.41, 5.74) is 3.66. The minimum Gasteiger partial charge on any atom is -0.297 e. The molecule has 76 valence electrons. The van der Waals surface area contributed by atoms with E-state index in [4.69, 9.17) is 0 Å². The normalized spacial score (nSPS) is 15.8. The number of rotatable bonds is 2. The van der Waals surface area contributed by atoms with Gasteiger partial charge in [0.2, 0.25) is 0 Å². The van der Waals surface area contributed by atoms with E-state index in [9.17, 15) is 4.79 Å². The number of nitrogens with zero attached hydrogens (tertiary/aromatic N) is 2. The monoisotopic (exact) mass is 200 g/mol. The van der Waals surface area contributed by atoms with Crippen molar-refractivity contribution < 1.29 is 4.79 Å². The van der Waals surface area contributed by atoms with E-state index in [-0.39, 0.29) is 0 Å². The van der Waals surface area contributed by atoms with Gasteiger partial charge in [0.25, 0.3) is 0 Å². The molecule has 1 saturated carbocycles. The summed E-state index contributed by atoms with van der Waals surface area (Å²) in [6.45, 7) is 1.87. The van der Waals surface area contributed by atoms with Crippen molar-refractivity contribution >= 4 is 11.9 Å². The number of imidazole rings is 1. The van der Waals surface area contributed by atoms with Crippen molar-refractivity contribution in [3.05, 3.63) is 35.3 Å². The number of hydrogen-bond acceptors (Lipinski definition) is 2. The van der Waals surface area contributed by atoms with Crippen molar-refractivity contribution in [2.24, 2.45) is 0 Å². The number of aldehydes is 1. The van der Waals surface area contributed by atoms with Gasteiger partial charge in [-0.1, -0.05) is 6.07 Å². The van der Waals surface area contributed by atoms with E-state index in [0.717, 1.165) is 17.6 Å². The summed E-state index contributed by atoms with van der Waals surface area (Å²) in [6, 6.07) is 4.11. The first-order valence-corrected chi connectivity index (χ1v) is 5.23. The highest BCUT2D eigenvalue weighted by atomic mass is 16.1. The van der Waals surface area contributed by atoms with Crippen molar-refractivity contribution in [3.63, 3.8) is 0 Å². The lowest BCUT2D eigenvalue weighted by molar-refractivity contribution is 0.111. The molecule has 3 heteroatoms. The lowest BCUT2D eigenvalue weighted by Crippen LogP contribution is -1.93. The fourth-order valence-corrected chi connectivity index (χ4v) is 2.00. The van der Waals surface area contributed by atoms with E-state index in [1.54, 1.807) is 0 Å². The number of carbonyl (C=O) groups excluding carboxylic acids is 1. The summed E-state index contributed by atoms with van der Waals surface area (Å²) in [5.74, 6) is 0.705. The fraction of sp³-hybridized carbons (Fsp3) is 0.333. The molecule has 0 spiro atoms. The zero-order valence-corrected chi connectivity index (χ0v) is 8.60. The third kappa shape index (κ3) is 1.27. The highest BCUT2D eigenvalue weighted by Gasteiger charge is 2.24. The van der Waals surface area contributed by atoms with Gasteiger partial charge >= 0.3 is 0 Å². The average molecular weight is 200 g/mol. The second-order valence-corrected chi connectivity index (χ2v) is 4.17. The van der Waals surface area contributed by atoms with Gasteiger partial charge in [0.1, 0.15) is 11.3 Å². The van der Waals surface area contributed by atoms with E-state index in [0.29, 0.717) is 11.6 Å². The highest BCUT2D eigenvalue weighted by molar-refractivity contribution is 5.76. The summed E-state index contributed by atoms with van der Waals surface area (Å²) in [7, 11) is 0. The van der Waals surface area contributed by atoms with Crippen LogP contribution < -0.4 is 0 Å². The van der Waals surface area contributed by atoms with Crippen LogP contribution in [-0.4, -0.2) is 15.7 Å². The van der Waals surface area contributed by atoms with Gasteiger partial charge in [0, 0.05) is 6.20 Å². The Bertz CT molecular complexity index is 538. The maximum absolute atomic E-state index is 10.9. The Labute approximate surface area is 87.7 Å².